The number of nitrogens with one attached hydrogen (secondary N) is 1. The van der Waals surface area contributed by atoms with Crippen LogP contribution in [0, 0.1) is 0 Å². The molecule has 0 saturated carbocycles. The van der Waals surface area contributed by atoms with Crippen LogP contribution in [-0.4, -0.2) is 35.1 Å². The number of likely N-dealkylation sites (tertiary alicyclic amines) is 1. The van der Waals surface area contributed by atoms with Crippen LogP contribution in [0.1, 0.15) is 29.9 Å². The van der Waals surface area contributed by atoms with Gasteiger partial charge in [-0.15, -0.1) is 0 Å². The minimum absolute atomic E-state index is 0.521. The number of aromatic nitrogens is 2. The van der Waals surface area contributed by atoms with Gasteiger partial charge in [-0.1, -0.05) is 48.5 Å². The number of ether oxygens (including phenoxy) is 1. The summed E-state index contributed by atoms with van der Waals surface area (Å²) in [6.07, 6.45) is 4.10. The zero-order valence-corrected chi connectivity index (χ0v) is 17.3. The summed E-state index contributed by atoms with van der Waals surface area (Å²) in [7, 11) is 1.69. The van der Waals surface area contributed by atoms with E-state index in [1.165, 1.54) is 22.0 Å². The third-order valence-electron chi connectivity index (χ3n) is 6.22. The third kappa shape index (κ3) is 3.59. The summed E-state index contributed by atoms with van der Waals surface area (Å²) < 4.78 is 5.58. The zero-order valence-electron chi connectivity index (χ0n) is 17.3. The number of pyridine rings is 1. The van der Waals surface area contributed by atoms with Crippen molar-refractivity contribution in [2.75, 3.05) is 20.2 Å². The molecule has 5 rings (SSSR count). The van der Waals surface area contributed by atoms with E-state index < -0.39 is 0 Å². The highest BCUT2D eigenvalue weighted by atomic mass is 16.5. The first-order valence-electron chi connectivity index (χ1n) is 10.7. The fraction of sp³-hybridized carbons (Fsp3) is 0.269. The minimum Gasteiger partial charge on any atom is -0.481 e. The van der Waals surface area contributed by atoms with Crippen molar-refractivity contribution in [3.8, 4) is 17.1 Å². The van der Waals surface area contributed by atoms with Crippen LogP contribution < -0.4 is 4.74 Å². The van der Waals surface area contributed by atoms with Gasteiger partial charge in [0, 0.05) is 23.6 Å². The number of piperidine rings is 1. The van der Waals surface area contributed by atoms with Gasteiger partial charge < -0.3 is 9.72 Å². The first-order chi connectivity index (χ1) is 14.8. The summed E-state index contributed by atoms with van der Waals surface area (Å²) in [5.41, 5.74) is 6.18. The highest BCUT2D eigenvalue weighted by molar-refractivity contribution is 5.92. The molecule has 1 fully saturated rings. The van der Waals surface area contributed by atoms with E-state index in [0.717, 1.165) is 43.7 Å². The number of methoxy groups -OCH3 is 1. The molecule has 0 atom stereocenters. The third-order valence-corrected chi connectivity index (χ3v) is 6.22. The van der Waals surface area contributed by atoms with Crippen LogP contribution >= 0.6 is 0 Å². The molecular formula is C26H27N3O. The van der Waals surface area contributed by atoms with Gasteiger partial charge in [-0.3, -0.25) is 4.90 Å². The maximum absolute atomic E-state index is 5.58. The van der Waals surface area contributed by atoms with Crippen molar-refractivity contribution in [1.82, 2.24) is 14.9 Å². The van der Waals surface area contributed by atoms with Crippen LogP contribution in [0.4, 0.5) is 0 Å². The Kier molecular flexibility index (Phi) is 5.24. The van der Waals surface area contributed by atoms with E-state index in [9.17, 15) is 0 Å². The number of nitrogens with zero attached hydrogens (tertiary/aromatic N) is 2. The quantitative estimate of drug-likeness (QED) is 0.475. The Balaban J connectivity index is 1.46. The van der Waals surface area contributed by atoms with E-state index in [4.69, 9.17) is 4.74 Å². The molecule has 1 aliphatic heterocycles. The first kappa shape index (κ1) is 18.9. The molecule has 1 saturated heterocycles. The number of benzene rings is 2. The molecule has 1 aliphatic rings. The Morgan fingerprint density at radius 3 is 2.53 bits per heavy atom. The molecule has 4 heteroatoms. The fourth-order valence-corrected chi connectivity index (χ4v) is 4.77. The zero-order chi connectivity index (χ0) is 20.3. The molecule has 0 amide bonds. The van der Waals surface area contributed by atoms with Crippen LogP contribution in [0.5, 0.6) is 5.88 Å². The van der Waals surface area contributed by atoms with Gasteiger partial charge >= 0.3 is 0 Å². The minimum atomic E-state index is 0.521. The van der Waals surface area contributed by atoms with Gasteiger partial charge in [0.15, 0.2) is 0 Å². The molecule has 0 unspecified atom stereocenters. The Labute approximate surface area is 177 Å². The monoisotopic (exact) mass is 397 g/mol. The molecule has 0 radical (unpaired) electrons. The first-order valence-corrected chi connectivity index (χ1v) is 10.7. The number of hydrogen-bond acceptors (Lipinski definition) is 3. The summed E-state index contributed by atoms with van der Waals surface area (Å²) in [5.74, 6) is 1.19. The van der Waals surface area contributed by atoms with Crippen molar-refractivity contribution in [2.45, 2.75) is 25.3 Å². The maximum atomic E-state index is 5.58. The second-order valence-corrected chi connectivity index (χ2v) is 8.06. The molecule has 4 aromatic rings. The summed E-state index contributed by atoms with van der Waals surface area (Å²) >= 11 is 0. The van der Waals surface area contributed by atoms with Crippen molar-refractivity contribution >= 4 is 10.9 Å². The molecule has 4 nitrogen and oxygen atoms in total. The topological polar surface area (TPSA) is 41.1 Å². The van der Waals surface area contributed by atoms with Crippen LogP contribution in [0.25, 0.3) is 22.2 Å². The van der Waals surface area contributed by atoms with Gasteiger partial charge in [-0.2, -0.15) is 0 Å². The Morgan fingerprint density at radius 1 is 0.967 bits per heavy atom. The van der Waals surface area contributed by atoms with Crippen LogP contribution in [0.3, 0.4) is 0 Å². The number of fused-ring (bicyclic) bond motifs is 1. The van der Waals surface area contributed by atoms with E-state index in [2.05, 4.69) is 75.5 Å². The molecule has 152 valence electrons. The molecule has 2 aromatic heterocycles. The van der Waals surface area contributed by atoms with Crippen molar-refractivity contribution in [3.05, 3.63) is 84.1 Å². The highest BCUT2D eigenvalue weighted by Gasteiger charge is 2.27. The lowest BCUT2D eigenvalue weighted by molar-refractivity contribution is 0.205. The second kappa shape index (κ2) is 8.33. The average Bonchev–Trinajstić information content (AvgIpc) is 3.20. The van der Waals surface area contributed by atoms with E-state index in [1.807, 2.05) is 6.07 Å². The standard InChI is InChI=1S/C26H27N3O/c1-30-26-22(11-7-15-27-26)25-24(21-10-5-6-12-23(21)28-25)20-13-16-29(17-14-20)18-19-8-3-2-4-9-19/h2-12,15,20,28H,13-14,16-18H2,1H3. The summed E-state index contributed by atoms with van der Waals surface area (Å²) in [5, 5.41) is 1.32. The highest BCUT2D eigenvalue weighted by Crippen LogP contribution is 2.42. The molecule has 3 heterocycles. The number of aromatic amines is 1. The number of rotatable bonds is 5. The lowest BCUT2D eigenvalue weighted by Gasteiger charge is -2.32. The van der Waals surface area contributed by atoms with Crippen LogP contribution in [-0.2, 0) is 6.54 Å². The van der Waals surface area contributed by atoms with E-state index in [1.54, 1.807) is 13.3 Å². The summed E-state index contributed by atoms with van der Waals surface area (Å²) in [6.45, 7) is 3.26. The normalized spacial score (nSPS) is 15.5. The molecule has 0 bridgehead atoms. The number of para-hydroxylation sites is 1. The number of hydrogen-bond donors (Lipinski definition) is 1. The molecule has 1 N–H and O–H groups in total. The van der Waals surface area contributed by atoms with Crippen LogP contribution in [0.2, 0.25) is 0 Å². The van der Waals surface area contributed by atoms with E-state index in [0.29, 0.717) is 11.8 Å². The smallest absolute Gasteiger partial charge is 0.222 e. The Bertz CT molecular complexity index is 1130. The Morgan fingerprint density at radius 2 is 1.73 bits per heavy atom. The molecule has 30 heavy (non-hydrogen) atoms. The predicted octanol–water partition coefficient (Wildman–Crippen LogP) is 5.62. The van der Waals surface area contributed by atoms with Crippen molar-refractivity contribution in [2.24, 2.45) is 0 Å². The van der Waals surface area contributed by atoms with Crippen molar-refractivity contribution in [3.63, 3.8) is 0 Å². The average molecular weight is 398 g/mol. The summed E-state index contributed by atoms with van der Waals surface area (Å²) in [4.78, 5) is 10.7. The van der Waals surface area contributed by atoms with Crippen molar-refractivity contribution < 1.29 is 4.74 Å². The van der Waals surface area contributed by atoms with Crippen LogP contribution in [0.15, 0.2) is 72.9 Å². The van der Waals surface area contributed by atoms with Gasteiger partial charge in [0.1, 0.15) is 0 Å². The lowest BCUT2D eigenvalue weighted by Crippen LogP contribution is -2.32. The molecule has 0 aliphatic carbocycles. The maximum Gasteiger partial charge on any atom is 0.222 e. The molecule has 2 aromatic carbocycles. The lowest BCUT2D eigenvalue weighted by atomic mass is 9.86. The molecular weight excluding hydrogens is 370 g/mol. The second-order valence-electron chi connectivity index (χ2n) is 8.06. The van der Waals surface area contributed by atoms with Gasteiger partial charge in [0.05, 0.1) is 18.4 Å². The van der Waals surface area contributed by atoms with E-state index in [-0.39, 0.29) is 0 Å². The Hall–Kier alpha value is -3.11. The number of H-pyrrole nitrogens is 1. The largest absolute Gasteiger partial charge is 0.481 e. The predicted molar refractivity (Wildman–Crippen MR) is 122 cm³/mol. The van der Waals surface area contributed by atoms with Gasteiger partial charge in [0.25, 0.3) is 0 Å². The fourth-order valence-electron chi connectivity index (χ4n) is 4.77. The van der Waals surface area contributed by atoms with Crippen molar-refractivity contribution in [1.29, 1.82) is 0 Å². The van der Waals surface area contributed by atoms with Gasteiger partial charge in [-0.05, 0) is 61.2 Å². The van der Waals surface area contributed by atoms with Gasteiger partial charge in [0.2, 0.25) is 5.88 Å². The van der Waals surface area contributed by atoms with E-state index >= 15 is 0 Å². The van der Waals surface area contributed by atoms with Gasteiger partial charge in [-0.25, -0.2) is 4.98 Å². The SMILES string of the molecule is COc1ncccc1-c1[nH]c2ccccc2c1C1CCN(Cc2ccccc2)CC1. The summed E-state index contributed by atoms with van der Waals surface area (Å²) in [6, 6.07) is 23.5. The molecule has 0 spiro atoms.